The van der Waals surface area contributed by atoms with Crippen molar-refractivity contribution < 1.29 is 56.2 Å². The standard InChI is InChI=1S/C21H18N3OS.K/c22-11-12-26-16-8-5-14(6-9-16)21(25)23-15-7-10-18-17-3-1-2-4-19(17)24-20(18)13-15;/h1-10,13,22,24H,11-12H2,(H,23,25);/q-1;+1. The Balaban J connectivity index is 0.00000210. The second-order valence-corrected chi connectivity index (χ2v) is 7.18. The zero-order valence-electron chi connectivity index (χ0n) is 15.1. The molecule has 27 heavy (non-hydrogen) atoms. The number of nitrogens with one attached hydrogen (secondary N) is 3. The van der Waals surface area contributed by atoms with Gasteiger partial charge in [-0.1, -0.05) is 24.3 Å². The van der Waals surface area contributed by atoms with Crippen LogP contribution in [0.3, 0.4) is 0 Å². The number of hydrogen-bond acceptors (Lipinski definition) is 2. The molecule has 1 aromatic heterocycles. The van der Waals surface area contributed by atoms with Crippen molar-refractivity contribution in [1.29, 1.82) is 0 Å². The van der Waals surface area contributed by atoms with Gasteiger partial charge in [0.1, 0.15) is 0 Å². The van der Waals surface area contributed by atoms with Gasteiger partial charge < -0.3 is 16.0 Å². The largest absolute Gasteiger partial charge is 1.00 e. The number of amides is 1. The van der Waals surface area contributed by atoms with Crippen LogP contribution in [0, 0.1) is 0 Å². The zero-order chi connectivity index (χ0) is 17.9. The molecule has 1 heterocycles. The maximum absolute atomic E-state index is 12.5. The molecule has 0 bridgehead atoms. The second kappa shape index (κ2) is 9.38. The molecular weight excluding hydrogens is 381 g/mol. The maximum Gasteiger partial charge on any atom is 1.00 e. The van der Waals surface area contributed by atoms with E-state index in [2.05, 4.69) is 16.4 Å². The number of aromatic nitrogens is 1. The number of benzene rings is 3. The van der Waals surface area contributed by atoms with E-state index in [-0.39, 0.29) is 57.3 Å². The van der Waals surface area contributed by atoms with E-state index in [4.69, 9.17) is 5.73 Å². The molecule has 0 aliphatic rings. The summed E-state index contributed by atoms with van der Waals surface area (Å²) in [4.78, 5) is 17.0. The van der Waals surface area contributed by atoms with Crippen LogP contribution in [0.15, 0.2) is 71.6 Å². The third kappa shape index (κ3) is 4.66. The second-order valence-electron chi connectivity index (χ2n) is 6.01. The number of aromatic amines is 1. The van der Waals surface area contributed by atoms with Crippen molar-refractivity contribution in [2.45, 2.75) is 4.90 Å². The van der Waals surface area contributed by atoms with Crippen LogP contribution in [0.25, 0.3) is 27.5 Å². The minimum absolute atomic E-state index is 0. The SMILES string of the molecule is [K+].[NH-]CCSc1ccc(C(=O)Nc2ccc3c(c2)[nH]c2ccccc23)cc1. The van der Waals surface area contributed by atoms with Gasteiger partial charge in [-0.25, -0.2) is 0 Å². The smallest absolute Gasteiger partial charge is 0.677 e. The Kier molecular flexibility index (Phi) is 7.16. The van der Waals surface area contributed by atoms with E-state index in [9.17, 15) is 4.79 Å². The topological polar surface area (TPSA) is 68.7 Å². The van der Waals surface area contributed by atoms with E-state index < -0.39 is 0 Å². The molecule has 0 saturated carbocycles. The first-order valence-corrected chi connectivity index (χ1v) is 9.42. The first-order chi connectivity index (χ1) is 12.7. The van der Waals surface area contributed by atoms with Crippen LogP contribution < -0.4 is 56.7 Å². The van der Waals surface area contributed by atoms with Crippen LogP contribution >= 0.6 is 11.8 Å². The van der Waals surface area contributed by atoms with Crippen molar-refractivity contribution in [2.24, 2.45) is 0 Å². The minimum Gasteiger partial charge on any atom is -0.677 e. The molecule has 3 aromatic carbocycles. The first kappa shape index (κ1) is 20.6. The van der Waals surface area contributed by atoms with E-state index in [1.807, 2.05) is 60.7 Å². The molecule has 3 N–H and O–H groups in total. The molecule has 0 radical (unpaired) electrons. The third-order valence-corrected chi connectivity index (χ3v) is 5.27. The molecule has 0 atom stereocenters. The normalized spacial score (nSPS) is 10.7. The molecule has 4 aromatic rings. The van der Waals surface area contributed by atoms with Gasteiger partial charge in [-0.05, 0) is 48.2 Å². The Morgan fingerprint density at radius 2 is 1.70 bits per heavy atom. The summed E-state index contributed by atoms with van der Waals surface area (Å²) in [6.45, 7) is 0.392. The Bertz CT molecular complexity index is 1080. The zero-order valence-corrected chi connectivity index (χ0v) is 19.0. The van der Waals surface area contributed by atoms with Crippen LogP contribution in [-0.4, -0.2) is 23.2 Å². The molecule has 4 nitrogen and oxygen atoms in total. The Morgan fingerprint density at radius 3 is 2.48 bits per heavy atom. The molecule has 1 amide bonds. The van der Waals surface area contributed by atoms with Crippen molar-refractivity contribution in [3.05, 3.63) is 78.0 Å². The number of carbonyl (C=O) groups excluding carboxylic acids is 1. The number of thioether (sulfide) groups is 1. The predicted octanol–water partition coefficient (Wildman–Crippen LogP) is 2.72. The molecule has 0 aliphatic heterocycles. The van der Waals surface area contributed by atoms with Gasteiger partial charge in [0.05, 0.1) is 0 Å². The number of rotatable bonds is 5. The summed E-state index contributed by atoms with van der Waals surface area (Å²) in [7, 11) is 0. The van der Waals surface area contributed by atoms with Gasteiger partial charge in [-0.3, -0.25) is 4.79 Å². The Morgan fingerprint density at radius 1 is 0.963 bits per heavy atom. The van der Waals surface area contributed by atoms with Crippen LogP contribution in [0.5, 0.6) is 0 Å². The molecule has 6 heteroatoms. The van der Waals surface area contributed by atoms with Crippen molar-refractivity contribution in [2.75, 3.05) is 17.6 Å². The van der Waals surface area contributed by atoms with E-state index in [1.54, 1.807) is 11.8 Å². The first-order valence-electron chi connectivity index (χ1n) is 8.44. The van der Waals surface area contributed by atoms with Gasteiger partial charge in [0.25, 0.3) is 5.91 Å². The number of fused-ring (bicyclic) bond motifs is 3. The van der Waals surface area contributed by atoms with Gasteiger partial charge in [-0.15, -0.1) is 18.3 Å². The molecule has 0 fully saturated rings. The van der Waals surface area contributed by atoms with Crippen LogP contribution in [0.2, 0.25) is 0 Å². The van der Waals surface area contributed by atoms with E-state index >= 15 is 0 Å². The molecule has 0 saturated heterocycles. The average Bonchev–Trinajstić information content (AvgIpc) is 3.04. The average molecular weight is 400 g/mol. The fourth-order valence-electron chi connectivity index (χ4n) is 3.01. The van der Waals surface area contributed by atoms with E-state index in [0.717, 1.165) is 32.8 Å². The van der Waals surface area contributed by atoms with E-state index in [1.165, 1.54) is 5.39 Å². The van der Waals surface area contributed by atoms with Gasteiger partial charge in [0, 0.05) is 38.0 Å². The van der Waals surface area contributed by atoms with Crippen LogP contribution in [0.1, 0.15) is 10.4 Å². The van der Waals surface area contributed by atoms with Crippen molar-refractivity contribution in [1.82, 2.24) is 4.98 Å². The van der Waals surface area contributed by atoms with Gasteiger partial charge in [0.2, 0.25) is 0 Å². The number of hydrogen-bond donors (Lipinski definition) is 2. The number of H-pyrrole nitrogens is 1. The summed E-state index contributed by atoms with van der Waals surface area (Å²) < 4.78 is 0. The third-order valence-electron chi connectivity index (χ3n) is 4.25. The fraction of sp³-hybridized carbons (Fsp3) is 0.0952. The summed E-state index contributed by atoms with van der Waals surface area (Å²) in [5.74, 6) is 0.633. The fourth-order valence-corrected chi connectivity index (χ4v) is 3.67. The molecule has 0 spiro atoms. The van der Waals surface area contributed by atoms with Gasteiger partial charge in [-0.2, -0.15) is 0 Å². The maximum atomic E-state index is 12.5. The molecule has 130 valence electrons. The summed E-state index contributed by atoms with van der Waals surface area (Å²) in [6, 6.07) is 21.6. The van der Waals surface area contributed by atoms with Gasteiger partial charge >= 0.3 is 51.4 Å². The molecular formula is C21H18KN3OS. The van der Waals surface area contributed by atoms with E-state index in [0.29, 0.717) is 12.1 Å². The van der Waals surface area contributed by atoms with Crippen LogP contribution in [-0.2, 0) is 0 Å². The number of carbonyl (C=O) groups is 1. The van der Waals surface area contributed by atoms with Gasteiger partial charge in [0.15, 0.2) is 0 Å². The quantitative estimate of drug-likeness (QED) is 0.400. The minimum atomic E-state index is -0.127. The molecule has 4 rings (SSSR count). The summed E-state index contributed by atoms with van der Waals surface area (Å²) >= 11 is 1.62. The summed E-state index contributed by atoms with van der Waals surface area (Å²) in [5.41, 5.74) is 10.7. The van der Waals surface area contributed by atoms with Crippen molar-refractivity contribution >= 4 is 45.2 Å². The summed E-state index contributed by atoms with van der Waals surface area (Å²) in [5, 5.41) is 5.29. The molecule has 0 unspecified atom stereocenters. The predicted molar refractivity (Wildman–Crippen MR) is 110 cm³/mol. The number of anilines is 1. The Labute approximate surface area is 204 Å². The Hall–Kier alpha value is -1.12. The van der Waals surface area contributed by atoms with Crippen LogP contribution in [0.4, 0.5) is 5.69 Å². The monoisotopic (exact) mass is 399 g/mol. The van der Waals surface area contributed by atoms with Crippen molar-refractivity contribution in [3.63, 3.8) is 0 Å². The number of para-hydroxylation sites is 1. The summed E-state index contributed by atoms with van der Waals surface area (Å²) in [6.07, 6.45) is 0. The van der Waals surface area contributed by atoms with Crippen molar-refractivity contribution in [3.8, 4) is 0 Å². The molecule has 0 aliphatic carbocycles.